The third-order valence-electron chi connectivity index (χ3n) is 0.833. The van der Waals surface area contributed by atoms with Crippen LogP contribution < -0.4 is 0 Å². The largest absolute Gasteiger partial charge is 0.298 e. The zero-order valence-corrected chi connectivity index (χ0v) is 6.63. The molecule has 0 bridgehead atoms. The Morgan fingerprint density at radius 2 is 2.00 bits per heavy atom. The molecule has 0 spiro atoms. The highest BCUT2D eigenvalue weighted by atomic mass is 32.2. The van der Waals surface area contributed by atoms with E-state index in [-0.39, 0.29) is 12.2 Å². The summed E-state index contributed by atoms with van der Waals surface area (Å²) in [5, 5.41) is 0. The van der Waals surface area contributed by atoms with Gasteiger partial charge in [-0.1, -0.05) is 5.92 Å². The van der Waals surface area contributed by atoms with E-state index in [0.717, 1.165) is 11.8 Å². The Morgan fingerprint density at radius 3 is 2.45 bits per heavy atom. The summed E-state index contributed by atoms with van der Waals surface area (Å²) in [6.07, 6.45) is -0.590. The van der Waals surface area contributed by atoms with E-state index < -0.39 is 12.6 Å². The van der Waals surface area contributed by atoms with Crippen molar-refractivity contribution >= 4 is 11.8 Å². The van der Waals surface area contributed by atoms with Crippen LogP contribution in [0.25, 0.3) is 0 Å². The van der Waals surface area contributed by atoms with Crippen LogP contribution in [0.3, 0.4) is 0 Å². The molecule has 0 amide bonds. The Kier molecular flexibility index (Phi) is 6.24. The molecule has 0 aromatic heterocycles. The van der Waals surface area contributed by atoms with E-state index in [4.69, 9.17) is 0 Å². The molecule has 1 unspecified atom stereocenters. The predicted octanol–water partition coefficient (Wildman–Crippen LogP) is 2.51. The summed E-state index contributed by atoms with van der Waals surface area (Å²) in [5.74, 6) is 3.84. The minimum Gasteiger partial charge on any atom is -0.246 e. The van der Waals surface area contributed by atoms with Crippen LogP contribution >= 0.6 is 11.8 Å². The van der Waals surface area contributed by atoms with Crippen LogP contribution in [0.4, 0.5) is 13.2 Å². The van der Waals surface area contributed by atoms with Gasteiger partial charge in [0.15, 0.2) is 0 Å². The van der Waals surface area contributed by atoms with Crippen molar-refractivity contribution in [3.63, 3.8) is 0 Å². The first kappa shape index (κ1) is 10.7. The molecule has 0 aliphatic rings. The molecule has 0 heterocycles. The smallest absolute Gasteiger partial charge is 0.246 e. The van der Waals surface area contributed by atoms with E-state index in [0.29, 0.717) is 0 Å². The molecule has 0 aliphatic carbocycles. The van der Waals surface area contributed by atoms with Gasteiger partial charge in [0.05, 0.1) is 0 Å². The van der Waals surface area contributed by atoms with Crippen molar-refractivity contribution in [2.45, 2.75) is 19.0 Å². The minimum absolute atomic E-state index is 0.132. The molecule has 0 rings (SSSR count). The van der Waals surface area contributed by atoms with Gasteiger partial charge < -0.3 is 0 Å². The highest BCUT2D eigenvalue weighted by Gasteiger charge is 2.02. The zero-order valence-electron chi connectivity index (χ0n) is 5.82. The third kappa shape index (κ3) is 7.60. The van der Waals surface area contributed by atoms with Crippen molar-refractivity contribution in [3.8, 4) is 11.8 Å². The first-order valence-electron chi connectivity index (χ1n) is 2.94. The van der Waals surface area contributed by atoms with Crippen molar-refractivity contribution in [2.75, 3.05) is 5.75 Å². The molecule has 0 N–H and O–H groups in total. The lowest BCUT2D eigenvalue weighted by Gasteiger charge is -1.98. The Morgan fingerprint density at radius 1 is 1.36 bits per heavy atom. The lowest BCUT2D eigenvalue weighted by molar-refractivity contribution is 0.215. The lowest BCUT2D eigenvalue weighted by Crippen LogP contribution is -2.01. The standard InChI is InChI=1S/C7H8F3S/c1-11-5-6(8)3-2-4-7(9)10/h6-7H,1,3,5H2. The maximum absolute atomic E-state index is 12.4. The van der Waals surface area contributed by atoms with Crippen molar-refractivity contribution in [3.05, 3.63) is 6.26 Å². The van der Waals surface area contributed by atoms with Gasteiger partial charge in [-0.3, -0.25) is 0 Å². The molecular weight excluding hydrogens is 173 g/mol. The highest BCUT2D eigenvalue weighted by Crippen LogP contribution is 2.05. The van der Waals surface area contributed by atoms with E-state index in [1.54, 1.807) is 5.92 Å². The molecule has 0 saturated heterocycles. The Bertz CT molecular complexity index is 148. The summed E-state index contributed by atoms with van der Waals surface area (Å²) in [7, 11) is 0. The van der Waals surface area contributed by atoms with E-state index >= 15 is 0 Å². The molecule has 0 aliphatic heterocycles. The van der Waals surface area contributed by atoms with Crippen molar-refractivity contribution in [2.24, 2.45) is 0 Å². The second-order valence-corrected chi connectivity index (χ2v) is 2.54. The number of hydrogen-bond donors (Lipinski definition) is 0. The van der Waals surface area contributed by atoms with Crippen LogP contribution in [-0.4, -0.2) is 18.3 Å². The van der Waals surface area contributed by atoms with Crippen LogP contribution in [0.5, 0.6) is 0 Å². The first-order chi connectivity index (χ1) is 5.16. The Balaban J connectivity index is 3.46. The normalized spacial score (nSPS) is 12.5. The van der Waals surface area contributed by atoms with E-state index in [2.05, 4.69) is 12.2 Å². The monoisotopic (exact) mass is 181 g/mol. The summed E-state index contributed by atoms with van der Waals surface area (Å²) >= 11 is 1.09. The van der Waals surface area contributed by atoms with Gasteiger partial charge in [-0.25, -0.2) is 4.39 Å². The van der Waals surface area contributed by atoms with Crippen LogP contribution in [0, 0.1) is 18.1 Å². The Labute approximate surface area is 68.5 Å². The number of rotatable bonds is 3. The predicted molar refractivity (Wildman–Crippen MR) is 41.1 cm³/mol. The van der Waals surface area contributed by atoms with Crippen LogP contribution in [-0.2, 0) is 0 Å². The highest BCUT2D eigenvalue weighted by molar-refractivity contribution is 8.00. The van der Waals surface area contributed by atoms with Crippen molar-refractivity contribution < 1.29 is 13.2 Å². The number of alkyl halides is 3. The van der Waals surface area contributed by atoms with Gasteiger partial charge in [0.25, 0.3) is 6.43 Å². The fourth-order valence-electron chi connectivity index (χ4n) is 0.434. The van der Waals surface area contributed by atoms with Gasteiger partial charge in [0.1, 0.15) is 6.17 Å². The van der Waals surface area contributed by atoms with Gasteiger partial charge >= 0.3 is 0 Å². The molecule has 0 nitrogen and oxygen atoms in total. The van der Waals surface area contributed by atoms with Gasteiger partial charge in [-0.15, -0.1) is 0 Å². The molecule has 0 fully saturated rings. The summed E-state index contributed by atoms with van der Waals surface area (Å²) in [4.78, 5) is 0. The zero-order chi connectivity index (χ0) is 8.69. The third-order valence-corrected chi connectivity index (χ3v) is 1.43. The second kappa shape index (κ2) is 6.41. The maximum atomic E-state index is 12.4. The average molecular weight is 181 g/mol. The van der Waals surface area contributed by atoms with Crippen LogP contribution in [0.2, 0.25) is 0 Å². The Hall–Kier alpha value is -0.300. The van der Waals surface area contributed by atoms with Gasteiger partial charge in [0.2, 0.25) is 0 Å². The molecule has 1 atom stereocenters. The molecule has 63 valence electrons. The van der Waals surface area contributed by atoms with E-state index in [1.165, 1.54) is 0 Å². The summed E-state index contributed by atoms with van der Waals surface area (Å²) < 4.78 is 35.2. The maximum Gasteiger partial charge on any atom is 0.298 e. The van der Waals surface area contributed by atoms with Crippen LogP contribution in [0.15, 0.2) is 0 Å². The van der Waals surface area contributed by atoms with E-state index in [1.807, 2.05) is 0 Å². The fraction of sp³-hybridized carbons (Fsp3) is 0.571. The molecule has 0 aromatic carbocycles. The molecular formula is C7H8F3S. The summed E-state index contributed by atoms with van der Waals surface area (Å²) in [5.41, 5.74) is 0. The van der Waals surface area contributed by atoms with Crippen LogP contribution in [0.1, 0.15) is 6.42 Å². The summed E-state index contributed by atoms with van der Waals surface area (Å²) in [6.45, 7) is 0. The molecule has 0 aromatic rings. The SMILES string of the molecule is [CH2]SCC(F)CC#CC(F)F. The van der Waals surface area contributed by atoms with Crippen molar-refractivity contribution in [1.82, 2.24) is 0 Å². The molecule has 1 radical (unpaired) electrons. The topological polar surface area (TPSA) is 0 Å². The van der Waals surface area contributed by atoms with Gasteiger partial charge in [-0.2, -0.15) is 20.5 Å². The van der Waals surface area contributed by atoms with Gasteiger partial charge in [0, 0.05) is 18.4 Å². The number of halogens is 3. The fourth-order valence-corrected chi connectivity index (χ4v) is 0.807. The lowest BCUT2D eigenvalue weighted by atomic mass is 10.3. The second-order valence-electron chi connectivity index (χ2n) is 1.79. The van der Waals surface area contributed by atoms with E-state index in [9.17, 15) is 13.2 Å². The quantitative estimate of drug-likeness (QED) is 0.603. The average Bonchev–Trinajstić information content (AvgIpc) is 1.87. The van der Waals surface area contributed by atoms with Crippen molar-refractivity contribution in [1.29, 1.82) is 0 Å². The summed E-state index contributed by atoms with van der Waals surface area (Å²) in [6, 6.07) is 0. The van der Waals surface area contributed by atoms with Gasteiger partial charge in [-0.05, 0) is 5.92 Å². The minimum atomic E-state index is -2.66. The molecule has 4 heteroatoms. The first-order valence-corrected chi connectivity index (χ1v) is 4.10. The number of thioether (sulfide) groups is 1. The number of hydrogen-bond acceptors (Lipinski definition) is 1. The molecule has 0 saturated carbocycles. The molecule has 11 heavy (non-hydrogen) atoms.